The van der Waals surface area contributed by atoms with Gasteiger partial charge in [-0.25, -0.2) is 0 Å². The number of rotatable bonds is 11. The summed E-state index contributed by atoms with van der Waals surface area (Å²) in [5.41, 5.74) is 7.08. The van der Waals surface area contributed by atoms with E-state index >= 15 is 0 Å². The van der Waals surface area contributed by atoms with Gasteiger partial charge in [-0.1, -0.05) is 93.8 Å². The summed E-state index contributed by atoms with van der Waals surface area (Å²) in [5.74, 6) is 2.65. The quantitative estimate of drug-likeness (QED) is 0.318. The van der Waals surface area contributed by atoms with Crippen molar-refractivity contribution in [2.45, 2.75) is 97.3 Å². The minimum atomic E-state index is 0.220. The molecule has 0 aromatic heterocycles. The third-order valence-electron chi connectivity index (χ3n) is 7.22. The van der Waals surface area contributed by atoms with E-state index in [2.05, 4.69) is 56.3 Å². The van der Waals surface area contributed by atoms with Crippen LogP contribution in [0.1, 0.15) is 101 Å². The van der Waals surface area contributed by atoms with Crippen LogP contribution < -0.4 is 0 Å². The molecule has 0 radical (unpaired) electrons. The van der Waals surface area contributed by atoms with Crippen molar-refractivity contribution < 1.29 is 4.79 Å². The molecule has 2 aromatic rings. The van der Waals surface area contributed by atoms with Crippen LogP contribution in [-0.2, 0) is 17.6 Å². The summed E-state index contributed by atoms with van der Waals surface area (Å²) in [6.45, 7) is 6.21. The first kappa shape index (κ1) is 25.1. The fraction of sp³-hybridized carbons (Fsp3) is 0.567. The third-order valence-corrected chi connectivity index (χ3v) is 8.12. The standard InChI is InChI=1S/C30H42OS/c1-4-6-7-9-24-11-14-27(15-12-24)28-16-18-29(19-17-28)30-20-13-25(22-26(30)5-2)10-8-21-32-23(3)31/h13,16-20,22,24,27H,4-12,14-15,21H2,1-3H3. The summed E-state index contributed by atoms with van der Waals surface area (Å²) in [4.78, 5) is 11.1. The minimum Gasteiger partial charge on any atom is -0.288 e. The molecule has 174 valence electrons. The van der Waals surface area contributed by atoms with Gasteiger partial charge in [-0.05, 0) is 84.6 Å². The van der Waals surface area contributed by atoms with E-state index in [1.165, 1.54) is 85.4 Å². The maximum absolute atomic E-state index is 11.1. The van der Waals surface area contributed by atoms with E-state index in [0.717, 1.165) is 36.9 Å². The van der Waals surface area contributed by atoms with Crippen molar-refractivity contribution in [2.75, 3.05) is 5.75 Å². The molecule has 1 aliphatic carbocycles. The van der Waals surface area contributed by atoms with Crippen LogP contribution in [0.4, 0.5) is 0 Å². The van der Waals surface area contributed by atoms with Crippen molar-refractivity contribution in [1.82, 2.24) is 0 Å². The van der Waals surface area contributed by atoms with Gasteiger partial charge in [0.05, 0.1) is 0 Å². The second-order valence-electron chi connectivity index (χ2n) is 9.62. The molecule has 1 aliphatic rings. The number of carbonyl (C=O) groups excluding carboxylic acids is 1. The highest BCUT2D eigenvalue weighted by atomic mass is 32.2. The Morgan fingerprint density at radius 1 is 0.938 bits per heavy atom. The topological polar surface area (TPSA) is 17.1 Å². The Bertz CT molecular complexity index is 830. The molecule has 2 heteroatoms. The molecule has 0 heterocycles. The number of thioether (sulfide) groups is 1. The molecule has 1 fully saturated rings. The lowest BCUT2D eigenvalue weighted by atomic mass is 9.77. The second-order valence-corrected chi connectivity index (χ2v) is 10.9. The molecule has 2 aromatic carbocycles. The van der Waals surface area contributed by atoms with Gasteiger partial charge in [0.2, 0.25) is 0 Å². The van der Waals surface area contributed by atoms with Crippen LogP contribution in [0.5, 0.6) is 0 Å². The van der Waals surface area contributed by atoms with Crippen molar-refractivity contribution in [3.05, 3.63) is 59.2 Å². The van der Waals surface area contributed by atoms with Crippen LogP contribution >= 0.6 is 11.8 Å². The average Bonchev–Trinajstić information content (AvgIpc) is 2.82. The summed E-state index contributed by atoms with van der Waals surface area (Å²) >= 11 is 1.44. The predicted octanol–water partition coefficient (Wildman–Crippen LogP) is 8.98. The highest BCUT2D eigenvalue weighted by molar-refractivity contribution is 8.13. The first-order chi connectivity index (χ1) is 15.6. The SMILES string of the molecule is CCCCCC1CCC(c2ccc(-c3ccc(CCCSC(C)=O)cc3CC)cc2)CC1. The fourth-order valence-corrected chi connectivity index (χ4v) is 5.85. The minimum absolute atomic E-state index is 0.220. The number of unbranched alkanes of at least 4 members (excludes halogenated alkanes) is 2. The summed E-state index contributed by atoms with van der Waals surface area (Å²) in [5, 5.41) is 0.220. The van der Waals surface area contributed by atoms with Gasteiger partial charge in [0.25, 0.3) is 0 Å². The van der Waals surface area contributed by atoms with Gasteiger partial charge in [0.15, 0.2) is 5.12 Å². The van der Waals surface area contributed by atoms with Crippen molar-refractivity contribution in [2.24, 2.45) is 5.92 Å². The van der Waals surface area contributed by atoms with E-state index in [0.29, 0.717) is 0 Å². The van der Waals surface area contributed by atoms with Crippen LogP contribution in [-0.4, -0.2) is 10.9 Å². The lowest BCUT2D eigenvalue weighted by molar-refractivity contribution is -0.109. The van der Waals surface area contributed by atoms with Crippen molar-refractivity contribution in [3.63, 3.8) is 0 Å². The van der Waals surface area contributed by atoms with Gasteiger partial charge in [-0.2, -0.15) is 0 Å². The zero-order valence-corrected chi connectivity index (χ0v) is 21.3. The number of benzene rings is 2. The van der Waals surface area contributed by atoms with E-state index in [-0.39, 0.29) is 5.12 Å². The van der Waals surface area contributed by atoms with Crippen molar-refractivity contribution in [1.29, 1.82) is 0 Å². The smallest absolute Gasteiger partial charge is 0.185 e. The molecule has 32 heavy (non-hydrogen) atoms. The molecule has 1 nitrogen and oxygen atoms in total. The van der Waals surface area contributed by atoms with Crippen LogP contribution in [0.2, 0.25) is 0 Å². The summed E-state index contributed by atoms with van der Waals surface area (Å²) in [6, 6.07) is 16.4. The van der Waals surface area contributed by atoms with E-state index < -0.39 is 0 Å². The Kier molecular flexibility index (Phi) is 10.4. The Hall–Kier alpha value is -1.54. The van der Waals surface area contributed by atoms with Gasteiger partial charge in [-0.15, -0.1) is 0 Å². The lowest BCUT2D eigenvalue weighted by Crippen LogP contribution is -2.13. The molecular formula is C30H42OS. The molecule has 0 unspecified atom stereocenters. The van der Waals surface area contributed by atoms with Crippen molar-refractivity contribution >= 4 is 16.9 Å². The number of carbonyl (C=O) groups is 1. The summed E-state index contributed by atoms with van der Waals surface area (Å²) < 4.78 is 0. The van der Waals surface area contributed by atoms with Crippen LogP contribution in [0.15, 0.2) is 42.5 Å². The molecular weight excluding hydrogens is 408 g/mol. The fourth-order valence-electron chi connectivity index (χ4n) is 5.27. The summed E-state index contributed by atoms with van der Waals surface area (Å²) in [6.07, 6.45) is 14.4. The third kappa shape index (κ3) is 7.51. The van der Waals surface area contributed by atoms with E-state index in [1.807, 2.05) is 0 Å². The Morgan fingerprint density at radius 3 is 2.34 bits per heavy atom. The van der Waals surface area contributed by atoms with Crippen molar-refractivity contribution in [3.8, 4) is 11.1 Å². The number of hydrogen-bond donors (Lipinski definition) is 0. The number of hydrogen-bond acceptors (Lipinski definition) is 2. The van der Waals surface area contributed by atoms with Gasteiger partial charge >= 0.3 is 0 Å². The molecule has 0 amide bonds. The molecule has 0 atom stereocenters. The normalized spacial score (nSPS) is 18.6. The zero-order chi connectivity index (χ0) is 22.8. The Labute approximate surface area is 200 Å². The van der Waals surface area contributed by atoms with Crippen LogP contribution in [0.3, 0.4) is 0 Å². The maximum Gasteiger partial charge on any atom is 0.185 e. The highest BCUT2D eigenvalue weighted by Crippen LogP contribution is 2.38. The Balaban J connectivity index is 1.57. The molecule has 0 spiro atoms. The van der Waals surface area contributed by atoms with Crippen LogP contribution in [0, 0.1) is 5.92 Å². The maximum atomic E-state index is 11.1. The first-order valence-corrected chi connectivity index (χ1v) is 13.9. The molecule has 0 saturated heterocycles. The molecule has 1 saturated carbocycles. The second kappa shape index (κ2) is 13.2. The van der Waals surface area contributed by atoms with E-state index in [1.54, 1.807) is 12.5 Å². The average molecular weight is 451 g/mol. The first-order valence-electron chi connectivity index (χ1n) is 13.0. The van der Waals surface area contributed by atoms with Crippen LogP contribution in [0.25, 0.3) is 11.1 Å². The largest absolute Gasteiger partial charge is 0.288 e. The predicted molar refractivity (Wildman–Crippen MR) is 142 cm³/mol. The lowest BCUT2D eigenvalue weighted by Gasteiger charge is -2.29. The van der Waals surface area contributed by atoms with E-state index in [9.17, 15) is 4.79 Å². The number of aryl methyl sites for hydroxylation is 2. The zero-order valence-electron chi connectivity index (χ0n) is 20.5. The highest BCUT2D eigenvalue weighted by Gasteiger charge is 2.22. The molecule has 0 N–H and O–H groups in total. The van der Waals surface area contributed by atoms with Gasteiger partial charge in [-0.3, -0.25) is 4.79 Å². The van der Waals surface area contributed by atoms with Gasteiger partial charge < -0.3 is 0 Å². The Morgan fingerprint density at radius 2 is 1.69 bits per heavy atom. The molecule has 0 bridgehead atoms. The monoisotopic (exact) mass is 450 g/mol. The molecule has 0 aliphatic heterocycles. The molecule has 3 rings (SSSR count). The van der Waals surface area contributed by atoms with Gasteiger partial charge in [0, 0.05) is 12.7 Å². The summed E-state index contributed by atoms with van der Waals surface area (Å²) in [7, 11) is 0. The van der Waals surface area contributed by atoms with E-state index in [4.69, 9.17) is 0 Å². The van der Waals surface area contributed by atoms with Gasteiger partial charge in [0.1, 0.15) is 0 Å².